The molecule has 5 rings (SSSR count). The van der Waals surface area contributed by atoms with Crippen molar-refractivity contribution >= 4 is 34.0 Å². The SMILES string of the molecule is COc1ccccc1-c1nnc(SCC(=O)Nc2sc3c(c2C#N)CCC3)n1-c1ccccc1. The van der Waals surface area contributed by atoms with Gasteiger partial charge in [-0.15, -0.1) is 21.5 Å². The molecule has 0 spiro atoms. The molecule has 2 aromatic heterocycles. The van der Waals surface area contributed by atoms with E-state index in [9.17, 15) is 10.1 Å². The van der Waals surface area contributed by atoms with E-state index in [1.165, 1.54) is 28.0 Å². The molecule has 0 fully saturated rings. The number of para-hydroxylation sites is 2. The number of benzene rings is 2. The third kappa shape index (κ3) is 4.18. The van der Waals surface area contributed by atoms with Gasteiger partial charge in [0.15, 0.2) is 11.0 Å². The molecular weight excluding hydrogens is 466 g/mol. The maximum atomic E-state index is 12.8. The van der Waals surface area contributed by atoms with Crippen molar-refractivity contribution < 1.29 is 9.53 Å². The molecular formula is C25H21N5O2S2. The van der Waals surface area contributed by atoms with Gasteiger partial charge in [-0.05, 0) is 49.1 Å². The first-order chi connectivity index (χ1) is 16.7. The van der Waals surface area contributed by atoms with Crippen LogP contribution in [0.4, 0.5) is 5.00 Å². The number of rotatable bonds is 7. The molecule has 9 heteroatoms. The number of hydrogen-bond acceptors (Lipinski definition) is 7. The van der Waals surface area contributed by atoms with Gasteiger partial charge in [-0.25, -0.2) is 0 Å². The van der Waals surface area contributed by atoms with Crippen molar-refractivity contribution in [2.24, 2.45) is 0 Å². The van der Waals surface area contributed by atoms with E-state index in [1.54, 1.807) is 7.11 Å². The summed E-state index contributed by atoms with van der Waals surface area (Å²) in [5, 5.41) is 22.6. The number of carbonyl (C=O) groups is 1. The molecule has 0 saturated carbocycles. The number of amides is 1. The fourth-order valence-corrected chi connectivity index (χ4v) is 6.09. The Kier molecular flexibility index (Phi) is 6.34. The molecule has 1 amide bonds. The minimum atomic E-state index is -0.178. The number of fused-ring (bicyclic) bond motifs is 1. The first-order valence-electron chi connectivity index (χ1n) is 10.8. The highest BCUT2D eigenvalue weighted by Crippen LogP contribution is 2.39. The predicted molar refractivity (Wildman–Crippen MR) is 134 cm³/mol. The number of methoxy groups -OCH3 is 1. The molecule has 0 bridgehead atoms. The van der Waals surface area contributed by atoms with Crippen molar-refractivity contribution in [2.45, 2.75) is 24.4 Å². The zero-order valence-corrected chi connectivity index (χ0v) is 20.1. The lowest BCUT2D eigenvalue weighted by molar-refractivity contribution is -0.113. The molecule has 4 aromatic rings. The number of thioether (sulfide) groups is 1. The van der Waals surface area contributed by atoms with Gasteiger partial charge in [0.25, 0.3) is 0 Å². The molecule has 1 N–H and O–H groups in total. The minimum absolute atomic E-state index is 0.143. The van der Waals surface area contributed by atoms with Crippen molar-refractivity contribution in [2.75, 3.05) is 18.2 Å². The molecule has 0 aliphatic heterocycles. The maximum Gasteiger partial charge on any atom is 0.235 e. The largest absolute Gasteiger partial charge is 0.496 e. The van der Waals surface area contributed by atoms with E-state index in [-0.39, 0.29) is 11.7 Å². The number of thiophene rings is 1. The lowest BCUT2D eigenvalue weighted by Gasteiger charge is -2.12. The highest BCUT2D eigenvalue weighted by Gasteiger charge is 2.24. The smallest absolute Gasteiger partial charge is 0.235 e. The third-order valence-electron chi connectivity index (χ3n) is 5.61. The topological polar surface area (TPSA) is 92.8 Å². The second-order valence-corrected chi connectivity index (χ2v) is 9.74. The number of nitriles is 1. The van der Waals surface area contributed by atoms with Crippen LogP contribution in [-0.2, 0) is 17.6 Å². The molecule has 0 radical (unpaired) electrons. The Bertz CT molecular complexity index is 1390. The van der Waals surface area contributed by atoms with Crippen molar-refractivity contribution in [1.82, 2.24) is 14.8 Å². The second kappa shape index (κ2) is 9.71. The summed E-state index contributed by atoms with van der Waals surface area (Å²) in [5.41, 5.74) is 3.41. The van der Waals surface area contributed by atoms with Gasteiger partial charge in [-0.2, -0.15) is 5.26 Å². The average molecular weight is 488 g/mol. The second-order valence-electron chi connectivity index (χ2n) is 7.69. The predicted octanol–water partition coefficient (Wildman–Crippen LogP) is 5.10. The van der Waals surface area contributed by atoms with Crippen molar-refractivity contribution in [3.63, 3.8) is 0 Å². The Morgan fingerprint density at radius 1 is 1.18 bits per heavy atom. The van der Waals surface area contributed by atoms with E-state index < -0.39 is 0 Å². The molecule has 170 valence electrons. The molecule has 34 heavy (non-hydrogen) atoms. The first-order valence-corrected chi connectivity index (χ1v) is 12.6. The summed E-state index contributed by atoms with van der Waals surface area (Å²) in [6.07, 6.45) is 2.96. The zero-order chi connectivity index (χ0) is 23.5. The summed E-state index contributed by atoms with van der Waals surface area (Å²) in [6.45, 7) is 0. The highest BCUT2D eigenvalue weighted by molar-refractivity contribution is 7.99. The summed E-state index contributed by atoms with van der Waals surface area (Å²) in [4.78, 5) is 14.0. The van der Waals surface area contributed by atoms with Gasteiger partial charge in [-0.1, -0.05) is 42.1 Å². The summed E-state index contributed by atoms with van der Waals surface area (Å²) in [7, 11) is 1.62. The fraction of sp³-hybridized carbons (Fsp3) is 0.200. The minimum Gasteiger partial charge on any atom is -0.496 e. The standard InChI is InChI=1S/C25H21N5O2S2/c1-32-20-12-6-5-10-18(20)23-28-29-25(30(23)16-8-3-2-4-9-16)33-15-22(31)27-24-19(14-26)17-11-7-13-21(17)34-24/h2-6,8-10,12H,7,11,13,15H2,1H3,(H,27,31). The van der Waals surface area contributed by atoms with Crippen LogP contribution in [0.3, 0.4) is 0 Å². The molecule has 0 saturated heterocycles. The van der Waals surface area contributed by atoms with Crippen LogP contribution in [0.1, 0.15) is 22.4 Å². The van der Waals surface area contributed by atoms with Crippen LogP contribution in [-0.4, -0.2) is 33.5 Å². The number of carbonyl (C=O) groups excluding carboxylic acids is 1. The molecule has 0 unspecified atom stereocenters. The van der Waals surface area contributed by atoms with Crippen molar-refractivity contribution in [3.05, 3.63) is 70.6 Å². The van der Waals surface area contributed by atoms with Crippen molar-refractivity contribution in [3.8, 4) is 28.9 Å². The zero-order valence-electron chi connectivity index (χ0n) is 18.4. The number of aryl methyl sites for hydroxylation is 1. The number of aromatic nitrogens is 3. The molecule has 1 aliphatic carbocycles. The lowest BCUT2D eigenvalue weighted by Crippen LogP contribution is -2.14. The molecule has 1 aliphatic rings. The van der Waals surface area contributed by atoms with Gasteiger partial charge < -0.3 is 10.1 Å². The lowest BCUT2D eigenvalue weighted by atomic mass is 10.1. The van der Waals surface area contributed by atoms with Crippen LogP contribution >= 0.6 is 23.1 Å². The Labute approximate surface area is 205 Å². The summed E-state index contributed by atoms with van der Waals surface area (Å²) in [5.74, 6) is 1.29. The van der Waals surface area contributed by atoms with E-state index in [2.05, 4.69) is 21.6 Å². The van der Waals surface area contributed by atoms with Crippen LogP contribution < -0.4 is 10.1 Å². The molecule has 7 nitrogen and oxygen atoms in total. The third-order valence-corrected chi connectivity index (χ3v) is 7.75. The van der Waals surface area contributed by atoms with Crippen LogP contribution in [0.5, 0.6) is 5.75 Å². The molecule has 2 heterocycles. The maximum absolute atomic E-state index is 12.8. The van der Waals surface area contributed by atoms with Gasteiger partial charge in [0.2, 0.25) is 5.91 Å². The Morgan fingerprint density at radius 3 is 2.76 bits per heavy atom. The van der Waals surface area contributed by atoms with Gasteiger partial charge in [0, 0.05) is 10.6 Å². The van der Waals surface area contributed by atoms with E-state index in [0.717, 1.165) is 36.1 Å². The van der Waals surface area contributed by atoms with Crippen LogP contribution in [0.25, 0.3) is 17.1 Å². The van der Waals surface area contributed by atoms with E-state index in [1.807, 2.05) is 59.2 Å². The van der Waals surface area contributed by atoms with E-state index in [0.29, 0.717) is 27.3 Å². The van der Waals surface area contributed by atoms with E-state index >= 15 is 0 Å². The Morgan fingerprint density at radius 2 is 1.97 bits per heavy atom. The summed E-state index contributed by atoms with van der Waals surface area (Å²) >= 11 is 2.82. The summed E-state index contributed by atoms with van der Waals surface area (Å²) < 4.78 is 7.46. The van der Waals surface area contributed by atoms with Crippen LogP contribution in [0, 0.1) is 11.3 Å². The number of nitrogens with one attached hydrogen (secondary N) is 1. The Balaban J connectivity index is 1.41. The number of anilines is 1. The monoisotopic (exact) mass is 487 g/mol. The normalized spacial score (nSPS) is 12.2. The quantitative estimate of drug-likeness (QED) is 0.365. The number of hydrogen-bond donors (Lipinski definition) is 1. The summed E-state index contributed by atoms with van der Waals surface area (Å²) in [6, 6.07) is 19.7. The van der Waals surface area contributed by atoms with Gasteiger partial charge in [-0.3, -0.25) is 9.36 Å². The number of ether oxygens (including phenoxy) is 1. The van der Waals surface area contributed by atoms with Crippen molar-refractivity contribution in [1.29, 1.82) is 5.26 Å². The molecule has 0 atom stereocenters. The van der Waals surface area contributed by atoms with Gasteiger partial charge >= 0.3 is 0 Å². The number of nitrogens with zero attached hydrogens (tertiary/aromatic N) is 4. The fourth-order valence-electron chi connectivity index (χ4n) is 4.08. The van der Waals surface area contributed by atoms with Gasteiger partial charge in [0.1, 0.15) is 16.8 Å². The highest BCUT2D eigenvalue weighted by atomic mass is 32.2. The van der Waals surface area contributed by atoms with Gasteiger partial charge in [0.05, 0.1) is 24.0 Å². The molecule has 2 aromatic carbocycles. The average Bonchev–Trinajstić information content (AvgIpc) is 3.57. The first kappa shape index (κ1) is 22.2. The van der Waals surface area contributed by atoms with Crippen LogP contribution in [0.2, 0.25) is 0 Å². The Hall–Kier alpha value is -3.61. The van der Waals surface area contributed by atoms with E-state index in [4.69, 9.17) is 4.74 Å². The van der Waals surface area contributed by atoms with Crippen LogP contribution in [0.15, 0.2) is 59.8 Å².